The number of aliphatic hydroxyl groups excluding tert-OH is 1. The van der Waals surface area contributed by atoms with Gasteiger partial charge in [-0.3, -0.25) is 0 Å². The minimum absolute atomic E-state index is 0.0978. The Bertz CT molecular complexity index is 488. The summed E-state index contributed by atoms with van der Waals surface area (Å²) in [4.78, 5) is 4.40. The molecule has 0 aliphatic carbocycles. The first-order valence-corrected chi connectivity index (χ1v) is 5.35. The third-order valence-corrected chi connectivity index (χ3v) is 2.62. The number of hydrogen-bond donors (Lipinski definition) is 1. The average Bonchev–Trinajstić information content (AvgIpc) is 2.61. The maximum absolute atomic E-state index is 8.90. The molecule has 0 amide bonds. The number of nitrogens with zero attached hydrogens (tertiary/aromatic N) is 1. The second-order valence-electron chi connectivity index (χ2n) is 3.81. The molecule has 1 N–H and O–H groups in total. The number of hydrogen-bond acceptors (Lipinski definition) is 3. The third-order valence-electron chi connectivity index (χ3n) is 2.62. The van der Waals surface area contributed by atoms with E-state index in [2.05, 4.69) is 4.98 Å². The van der Waals surface area contributed by atoms with E-state index in [0.29, 0.717) is 12.3 Å². The summed E-state index contributed by atoms with van der Waals surface area (Å²) in [6, 6.07) is 7.97. The number of aliphatic hydroxyl groups is 1. The molecule has 0 unspecified atom stereocenters. The Balaban J connectivity index is 2.42. The molecular weight excluding hydrogens is 202 g/mol. The molecule has 2 aromatic rings. The first-order chi connectivity index (χ1) is 7.72. The molecule has 2 rings (SSSR count). The standard InChI is InChI=1S/C13H15NO2/c1-9-5-3-4-6-11(9)13-14-12(7-8-15)10(2)16-13/h3-6,15H,7-8H2,1-2H3. The predicted molar refractivity (Wildman–Crippen MR) is 62.2 cm³/mol. The van der Waals surface area contributed by atoms with Gasteiger partial charge in [0, 0.05) is 18.6 Å². The van der Waals surface area contributed by atoms with Crippen LogP contribution >= 0.6 is 0 Å². The molecule has 0 aliphatic rings. The van der Waals surface area contributed by atoms with Crippen LogP contribution in [-0.2, 0) is 6.42 Å². The maximum Gasteiger partial charge on any atom is 0.226 e. The van der Waals surface area contributed by atoms with Gasteiger partial charge in [0.05, 0.1) is 5.69 Å². The summed E-state index contributed by atoms with van der Waals surface area (Å²) in [6.45, 7) is 4.00. The van der Waals surface area contributed by atoms with Crippen LogP contribution in [0.5, 0.6) is 0 Å². The SMILES string of the molecule is Cc1ccccc1-c1nc(CCO)c(C)o1. The number of aromatic nitrogens is 1. The predicted octanol–water partition coefficient (Wildman–Crippen LogP) is 2.49. The second kappa shape index (κ2) is 4.49. The van der Waals surface area contributed by atoms with E-state index < -0.39 is 0 Å². The zero-order valence-electron chi connectivity index (χ0n) is 9.53. The van der Waals surface area contributed by atoms with Crippen molar-refractivity contribution in [2.75, 3.05) is 6.61 Å². The van der Waals surface area contributed by atoms with Crippen LogP contribution in [0.2, 0.25) is 0 Å². The summed E-state index contributed by atoms with van der Waals surface area (Å²) in [7, 11) is 0. The van der Waals surface area contributed by atoms with Gasteiger partial charge < -0.3 is 9.52 Å². The van der Waals surface area contributed by atoms with Gasteiger partial charge in [-0.05, 0) is 25.5 Å². The zero-order chi connectivity index (χ0) is 11.5. The zero-order valence-corrected chi connectivity index (χ0v) is 9.53. The van der Waals surface area contributed by atoms with Crippen LogP contribution in [-0.4, -0.2) is 16.7 Å². The van der Waals surface area contributed by atoms with Gasteiger partial charge >= 0.3 is 0 Å². The fraction of sp³-hybridized carbons (Fsp3) is 0.308. The van der Waals surface area contributed by atoms with Crippen molar-refractivity contribution in [3.8, 4) is 11.5 Å². The van der Waals surface area contributed by atoms with Crippen molar-refractivity contribution in [1.29, 1.82) is 0 Å². The fourth-order valence-electron chi connectivity index (χ4n) is 1.69. The Hall–Kier alpha value is -1.61. The molecule has 0 fully saturated rings. The van der Waals surface area contributed by atoms with Crippen LogP contribution in [0.1, 0.15) is 17.0 Å². The molecule has 0 bridgehead atoms. The summed E-state index contributed by atoms with van der Waals surface area (Å²) in [5.74, 6) is 1.42. The van der Waals surface area contributed by atoms with Gasteiger partial charge in [-0.15, -0.1) is 0 Å². The molecule has 0 spiro atoms. The summed E-state index contributed by atoms with van der Waals surface area (Å²) >= 11 is 0. The van der Waals surface area contributed by atoms with Crippen molar-refractivity contribution in [2.45, 2.75) is 20.3 Å². The molecule has 0 saturated heterocycles. The highest BCUT2D eigenvalue weighted by molar-refractivity contribution is 5.58. The lowest BCUT2D eigenvalue weighted by Gasteiger charge is -1.99. The highest BCUT2D eigenvalue weighted by Crippen LogP contribution is 2.24. The van der Waals surface area contributed by atoms with E-state index in [1.165, 1.54) is 0 Å². The molecule has 0 aliphatic heterocycles. The first-order valence-electron chi connectivity index (χ1n) is 5.35. The van der Waals surface area contributed by atoms with E-state index in [9.17, 15) is 0 Å². The Labute approximate surface area is 94.8 Å². The maximum atomic E-state index is 8.90. The average molecular weight is 217 g/mol. The summed E-state index contributed by atoms with van der Waals surface area (Å²) < 4.78 is 5.61. The third kappa shape index (κ3) is 1.99. The number of rotatable bonds is 3. The Morgan fingerprint density at radius 3 is 2.69 bits per heavy atom. The second-order valence-corrected chi connectivity index (χ2v) is 3.81. The fourth-order valence-corrected chi connectivity index (χ4v) is 1.69. The summed E-state index contributed by atoms with van der Waals surface area (Å²) in [5, 5.41) is 8.90. The molecule has 3 nitrogen and oxygen atoms in total. The first kappa shape index (κ1) is 10.9. The van der Waals surface area contributed by atoms with Gasteiger partial charge in [0.2, 0.25) is 5.89 Å². The van der Waals surface area contributed by atoms with Gasteiger partial charge in [0.25, 0.3) is 0 Å². The highest BCUT2D eigenvalue weighted by Gasteiger charge is 2.11. The van der Waals surface area contributed by atoms with E-state index in [-0.39, 0.29) is 6.61 Å². The van der Waals surface area contributed by atoms with Crippen LogP contribution in [0.3, 0.4) is 0 Å². The molecule has 1 heterocycles. The largest absolute Gasteiger partial charge is 0.441 e. The smallest absolute Gasteiger partial charge is 0.226 e. The molecule has 3 heteroatoms. The van der Waals surface area contributed by atoms with Crippen LogP contribution in [0.4, 0.5) is 0 Å². The molecule has 0 atom stereocenters. The van der Waals surface area contributed by atoms with Crippen molar-refractivity contribution in [2.24, 2.45) is 0 Å². The number of aryl methyl sites for hydroxylation is 2. The minimum Gasteiger partial charge on any atom is -0.441 e. The highest BCUT2D eigenvalue weighted by atomic mass is 16.4. The van der Waals surface area contributed by atoms with Gasteiger partial charge in [-0.2, -0.15) is 0 Å². The topological polar surface area (TPSA) is 46.3 Å². The lowest BCUT2D eigenvalue weighted by atomic mass is 10.1. The normalized spacial score (nSPS) is 10.7. The van der Waals surface area contributed by atoms with Gasteiger partial charge in [0.15, 0.2) is 0 Å². The van der Waals surface area contributed by atoms with Crippen LogP contribution in [0, 0.1) is 13.8 Å². The quantitative estimate of drug-likeness (QED) is 0.859. The van der Waals surface area contributed by atoms with Crippen molar-refractivity contribution in [3.05, 3.63) is 41.3 Å². The molecule has 1 aromatic heterocycles. The van der Waals surface area contributed by atoms with E-state index in [4.69, 9.17) is 9.52 Å². The van der Waals surface area contributed by atoms with Crippen LogP contribution in [0.25, 0.3) is 11.5 Å². The number of oxazole rings is 1. The molecule has 16 heavy (non-hydrogen) atoms. The molecule has 0 radical (unpaired) electrons. The van der Waals surface area contributed by atoms with Crippen molar-refractivity contribution in [1.82, 2.24) is 4.98 Å². The van der Waals surface area contributed by atoms with Crippen molar-refractivity contribution in [3.63, 3.8) is 0 Å². The van der Waals surface area contributed by atoms with Gasteiger partial charge in [-0.1, -0.05) is 18.2 Å². The molecule has 1 aromatic carbocycles. The van der Waals surface area contributed by atoms with Crippen molar-refractivity contribution < 1.29 is 9.52 Å². The summed E-state index contributed by atoms with van der Waals surface area (Å²) in [5.41, 5.74) is 2.98. The molecule has 84 valence electrons. The number of benzene rings is 1. The van der Waals surface area contributed by atoms with E-state index in [1.54, 1.807) is 0 Å². The molecular formula is C13H15NO2. The van der Waals surface area contributed by atoms with Crippen molar-refractivity contribution >= 4 is 0 Å². The Morgan fingerprint density at radius 1 is 1.25 bits per heavy atom. The van der Waals surface area contributed by atoms with Gasteiger partial charge in [-0.25, -0.2) is 4.98 Å². The minimum atomic E-state index is 0.0978. The summed E-state index contributed by atoms with van der Waals surface area (Å²) in [6.07, 6.45) is 0.543. The lowest BCUT2D eigenvalue weighted by molar-refractivity contribution is 0.297. The lowest BCUT2D eigenvalue weighted by Crippen LogP contribution is -1.92. The van der Waals surface area contributed by atoms with Gasteiger partial charge in [0.1, 0.15) is 5.76 Å². The monoisotopic (exact) mass is 217 g/mol. The van der Waals surface area contributed by atoms with E-state index in [1.807, 2.05) is 38.1 Å². The van der Waals surface area contributed by atoms with Crippen LogP contribution in [0.15, 0.2) is 28.7 Å². The Kier molecular flexibility index (Phi) is 3.06. The van der Waals surface area contributed by atoms with Crippen LogP contribution < -0.4 is 0 Å². The van der Waals surface area contributed by atoms with E-state index in [0.717, 1.165) is 22.6 Å². The van der Waals surface area contributed by atoms with E-state index >= 15 is 0 Å². The molecule has 0 saturated carbocycles. The Morgan fingerprint density at radius 2 is 2.00 bits per heavy atom.